The Hall–Kier alpha value is -1.10. The van der Waals surface area contributed by atoms with Crippen LogP contribution in [-0.2, 0) is 14.3 Å². The van der Waals surface area contributed by atoms with Crippen LogP contribution in [0, 0.1) is 0 Å². The van der Waals surface area contributed by atoms with Gasteiger partial charge >= 0.3 is 6.09 Å². The topological polar surface area (TPSA) is 55.8 Å². The molecule has 0 bridgehead atoms. The smallest absolute Gasteiger partial charge is 0.417 e. The molecule has 2 amide bonds. The fourth-order valence-corrected chi connectivity index (χ4v) is 1.71. The summed E-state index contributed by atoms with van der Waals surface area (Å²) in [7, 11) is 0. The molecule has 1 saturated carbocycles. The van der Waals surface area contributed by atoms with Crippen LogP contribution < -0.4 is 0 Å². The maximum Gasteiger partial charge on any atom is 0.417 e. The van der Waals surface area contributed by atoms with Crippen LogP contribution in [0.25, 0.3) is 0 Å². The van der Waals surface area contributed by atoms with E-state index in [2.05, 4.69) is 0 Å². The van der Waals surface area contributed by atoms with E-state index in [4.69, 9.17) is 9.47 Å². The lowest BCUT2D eigenvalue weighted by Gasteiger charge is -2.23. The maximum absolute atomic E-state index is 11.9. The summed E-state index contributed by atoms with van der Waals surface area (Å²) in [6.07, 6.45) is 1.84. The van der Waals surface area contributed by atoms with Crippen molar-refractivity contribution in [2.45, 2.75) is 57.8 Å². The Kier molecular flexibility index (Phi) is 3.12. The largest absolute Gasteiger partial charge is 0.443 e. The van der Waals surface area contributed by atoms with Crippen LogP contribution in [0.5, 0.6) is 0 Å². The number of carbonyl (C=O) groups excluding carboxylic acids is 2. The number of carbonyl (C=O) groups is 2. The second-order valence-corrected chi connectivity index (χ2v) is 5.58. The van der Waals surface area contributed by atoms with Crippen LogP contribution in [0.4, 0.5) is 4.79 Å². The number of imide groups is 1. The highest BCUT2D eigenvalue weighted by atomic mass is 16.6. The Morgan fingerprint density at radius 1 is 1.29 bits per heavy atom. The van der Waals surface area contributed by atoms with Crippen molar-refractivity contribution in [3.8, 4) is 0 Å². The lowest BCUT2D eigenvalue weighted by Crippen LogP contribution is -2.40. The molecule has 2 aliphatic rings. The maximum atomic E-state index is 11.9. The van der Waals surface area contributed by atoms with Crippen molar-refractivity contribution >= 4 is 12.0 Å². The summed E-state index contributed by atoms with van der Waals surface area (Å²) in [4.78, 5) is 24.8. The van der Waals surface area contributed by atoms with Crippen molar-refractivity contribution < 1.29 is 19.1 Å². The lowest BCUT2D eigenvalue weighted by atomic mass is 10.2. The third-order valence-corrected chi connectivity index (χ3v) is 2.65. The van der Waals surface area contributed by atoms with Crippen molar-refractivity contribution in [3.63, 3.8) is 0 Å². The van der Waals surface area contributed by atoms with Crippen molar-refractivity contribution in [2.75, 3.05) is 6.54 Å². The fourth-order valence-electron chi connectivity index (χ4n) is 1.71. The first-order valence-electron chi connectivity index (χ1n) is 6.06. The summed E-state index contributed by atoms with van der Waals surface area (Å²) in [6.45, 7) is 5.74. The van der Waals surface area contributed by atoms with E-state index >= 15 is 0 Å². The minimum absolute atomic E-state index is 0.225. The molecule has 1 aliphatic carbocycles. The highest BCUT2D eigenvalue weighted by molar-refractivity contribution is 5.96. The molecule has 96 valence electrons. The van der Waals surface area contributed by atoms with E-state index in [0.717, 1.165) is 17.7 Å². The number of hydrogen-bond acceptors (Lipinski definition) is 4. The first kappa shape index (κ1) is 12.4. The molecular weight excluding hydrogens is 222 g/mol. The monoisotopic (exact) mass is 241 g/mol. The van der Waals surface area contributed by atoms with E-state index in [-0.39, 0.29) is 12.0 Å². The van der Waals surface area contributed by atoms with E-state index in [1.54, 1.807) is 20.8 Å². The van der Waals surface area contributed by atoms with Crippen LogP contribution >= 0.6 is 0 Å². The van der Waals surface area contributed by atoms with Crippen molar-refractivity contribution in [1.82, 2.24) is 4.90 Å². The third-order valence-electron chi connectivity index (χ3n) is 2.65. The predicted octanol–water partition coefficient (Wildman–Crippen LogP) is 1.70. The second kappa shape index (κ2) is 4.29. The number of hydrogen-bond donors (Lipinski definition) is 0. The molecule has 1 atom stereocenters. The molecule has 0 radical (unpaired) electrons. The van der Waals surface area contributed by atoms with Crippen LogP contribution in [0.1, 0.15) is 40.0 Å². The zero-order valence-corrected chi connectivity index (χ0v) is 10.6. The molecule has 1 unspecified atom stereocenters. The van der Waals surface area contributed by atoms with E-state index in [9.17, 15) is 9.59 Å². The Morgan fingerprint density at radius 2 is 1.94 bits per heavy atom. The SMILES string of the molecule is CC(C)(C)OC(=O)N1CCC(OC2CC2)C1=O. The number of likely N-dealkylation sites (tertiary alicyclic amines) is 1. The normalized spacial score (nSPS) is 25.2. The molecule has 17 heavy (non-hydrogen) atoms. The van der Waals surface area contributed by atoms with Crippen molar-refractivity contribution in [2.24, 2.45) is 0 Å². The quantitative estimate of drug-likeness (QED) is 0.738. The average molecular weight is 241 g/mol. The van der Waals surface area contributed by atoms with Gasteiger partial charge in [0.05, 0.1) is 6.10 Å². The van der Waals surface area contributed by atoms with Crippen LogP contribution in [0.2, 0.25) is 0 Å². The minimum Gasteiger partial charge on any atom is -0.443 e. The van der Waals surface area contributed by atoms with E-state index in [1.165, 1.54) is 0 Å². The molecule has 0 aromatic rings. The molecule has 0 aromatic carbocycles. The van der Waals surface area contributed by atoms with Gasteiger partial charge in [0.15, 0.2) is 0 Å². The molecule has 2 rings (SSSR count). The summed E-state index contributed by atoms with van der Waals surface area (Å²) >= 11 is 0. The molecule has 0 aromatic heterocycles. The van der Waals surface area contributed by atoms with Crippen LogP contribution in [-0.4, -0.2) is 41.3 Å². The van der Waals surface area contributed by atoms with Crippen molar-refractivity contribution in [3.05, 3.63) is 0 Å². The Labute approximate surface area is 101 Å². The lowest BCUT2D eigenvalue weighted by molar-refractivity contribution is -0.137. The number of nitrogens with zero attached hydrogens (tertiary/aromatic N) is 1. The van der Waals surface area contributed by atoms with Gasteiger partial charge in [-0.1, -0.05) is 0 Å². The fraction of sp³-hybridized carbons (Fsp3) is 0.833. The van der Waals surface area contributed by atoms with Gasteiger partial charge in [0.2, 0.25) is 0 Å². The molecule has 5 heteroatoms. The highest BCUT2D eigenvalue weighted by Gasteiger charge is 2.41. The molecule has 2 fully saturated rings. The molecule has 1 heterocycles. The first-order chi connectivity index (χ1) is 7.87. The zero-order chi connectivity index (χ0) is 12.6. The van der Waals surface area contributed by atoms with E-state index < -0.39 is 17.8 Å². The summed E-state index contributed by atoms with van der Waals surface area (Å²) < 4.78 is 10.7. The average Bonchev–Trinajstić information content (AvgIpc) is 2.90. The second-order valence-electron chi connectivity index (χ2n) is 5.58. The van der Waals surface area contributed by atoms with E-state index in [1.807, 2.05) is 0 Å². The highest BCUT2D eigenvalue weighted by Crippen LogP contribution is 2.28. The van der Waals surface area contributed by atoms with Gasteiger partial charge in [-0.2, -0.15) is 0 Å². The van der Waals surface area contributed by atoms with Gasteiger partial charge in [-0.3, -0.25) is 4.79 Å². The summed E-state index contributed by atoms with van der Waals surface area (Å²) in [5, 5.41) is 0. The standard InChI is InChI=1S/C12H19NO4/c1-12(2,3)17-11(15)13-7-6-9(10(13)14)16-8-4-5-8/h8-9H,4-7H2,1-3H3. The van der Waals surface area contributed by atoms with Gasteiger partial charge < -0.3 is 9.47 Å². The predicted molar refractivity (Wildman–Crippen MR) is 60.5 cm³/mol. The molecule has 1 saturated heterocycles. The molecule has 0 N–H and O–H groups in total. The minimum atomic E-state index is -0.577. The van der Waals surface area contributed by atoms with E-state index in [0.29, 0.717) is 13.0 Å². The van der Waals surface area contributed by atoms with Gasteiger partial charge in [-0.05, 0) is 33.6 Å². The van der Waals surface area contributed by atoms with Gasteiger partial charge in [-0.25, -0.2) is 9.69 Å². The first-order valence-corrected chi connectivity index (χ1v) is 6.06. The zero-order valence-electron chi connectivity index (χ0n) is 10.6. The summed E-state index contributed by atoms with van der Waals surface area (Å²) in [5.74, 6) is -0.258. The van der Waals surface area contributed by atoms with Crippen LogP contribution in [0.15, 0.2) is 0 Å². The Morgan fingerprint density at radius 3 is 2.47 bits per heavy atom. The summed E-state index contributed by atoms with van der Waals surface area (Å²) in [5.41, 5.74) is -0.577. The van der Waals surface area contributed by atoms with Gasteiger partial charge in [-0.15, -0.1) is 0 Å². The van der Waals surface area contributed by atoms with Gasteiger partial charge in [0.25, 0.3) is 5.91 Å². The van der Waals surface area contributed by atoms with Gasteiger partial charge in [0, 0.05) is 13.0 Å². The Balaban J connectivity index is 1.89. The molecule has 1 aliphatic heterocycles. The number of ether oxygens (including phenoxy) is 2. The molecular formula is C12H19NO4. The van der Waals surface area contributed by atoms with Crippen LogP contribution in [0.3, 0.4) is 0 Å². The molecule has 0 spiro atoms. The number of amides is 2. The van der Waals surface area contributed by atoms with Crippen molar-refractivity contribution in [1.29, 1.82) is 0 Å². The summed E-state index contributed by atoms with van der Waals surface area (Å²) in [6, 6.07) is 0. The third kappa shape index (κ3) is 3.19. The Bertz CT molecular complexity index is 330. The van der Waals surface area contributed by atoms with Gasteiger partial charge in [0.1, 0.15) is 11.7 Å². The molecule has 5 nitrogen and oxygen atoms in total. The number of rotatable bonds is 2.